The molecule has 0 N–H and O–H groups in total. The van der Waals surface area contributed by atoms with Gasteiger partial charge in [-0.3, -0.25) is 0 Å². The SMILES string of the molecule is C(=C/c1ccccc1)/C=C/c1ccc(N(c2ccccc2)c2ccc(/C=N/N(c3ccccc3)c3ccccc3)cc2)cc1. The number of anilines is 5. The Kier molecular flexibility index (Phi) is 9.17. The van der Waals surface area contributed by atoms with Gasteiger partial charge in [0.05, 0.1) is 17.6 Å². The lowest BCUT2D eigenvalue weighted by Gasteiger charge is -2.25. The molecule has 0 aliphatic heterocycles. The van der Waals surface area contributed by atoms with Crippen molar-refractivity contribution in [1.29, 1.82) is 0 Å². The van der Waals surface area contributed by atoms with Gasteiger partial charge in [-0.2, -0.15) is 5.10 Å². The van der Waals surface area contributed by atoms with E-state index in [4.69, 9.17) is 5.10 Å². The Bertz CT molecular complexity index is 1770. The molecule has 0 unspecified atom stereocenters. The molecule has 0 fully saturated rings. The van der Waals surface area contributed by atoms with Crippen molar-refractivity contribution in [2.75, 3.05) is 9.91 Å². The molecule has 0 aromatic heterocycles. The molecule has 3 nitrogen and oxygen atoms in total. The van der Waals surface area contributed by atoms with Gasteiger partial charge in [0.25, 0.3) is 0 Å². The van der Waals surface area contributed by atoms with E-state index in [-0.39, 0.29) is 0 Å². The molecule has 212 valence electrons. The van der Waals surface area contributed by atoms with E-state index in [9.17, 15) is 0 Å². The first-order valence-corrected chi connectivity index (χ1v) is 14.7. The lowest BCUT2D eigenvalue weighted by atomic mass is 10.1. The van der Waals surface area contributed by atoms with E-state index >= 15 is 0 Å². The second-order valence-electron chi connectivity index (χ2n) is 10.2. The second-order valence-corrected chi connectivity index (χ2v) is 10.2. The summed E-state index contributed by atoms with van der Waals surface area (Å²) in [5, 5.41) is 6.82. The predicted molar refractivity (Wildman–Crippen MR) is 188 cm³/mol. The molecule has 0 radical (unpaired) electrons. The molecule has 6 rings (SSSR count). The number of hydrogen-bond donors (Lipinski definition) is 0. The number of hydrazone groups is 1. The number of hydrogen-bond acceptors (Lipinski definition) is 3. The largest absolute Gasteiger partial charge is 0.311 e. The third-order valence-corrected chi connectivity index (χ3v) is 7.13. The van der Waals surface area contributed by atoms with Crippen LogP contribution in [0, 0.1) is 0 Å². The van der Waals surface area contributed by atoms with E-state index in [1.807, 2.05) is 71.9 Å². The van der Waals surface area contributed by atoms with Crippen LogP contribution < -0.4 is 9.91 Å². The second kappa shape index (κ2) is 14.3. The molecule has 0 saturated carbocycles. The third kappa shape index (κ3) is 7.28. The van der Waals surface area contributed by atoms with E-state index in [0.717, 1.165) is 39.6 Å². The van der Waals surface area contributed by atoms with Gasteiger partial charge in [-0.05, 0) is 77.4 Å². The maximum Gasteiger partial charge on any atom is 0.0652 e. The van der Waals surface area contributed by atoms with Gasteiger partial charge in [-0.25, -0.2) is 5.01 Å². The lowest BCUT2D eigenvalue weighted by Crippen LogP contribution is -2.10. The Labute approximate surface area is 260 Å². The van der Waals surface area contributed by atoms with Crippen LogP contribution in [0.5, 0.6) is 0 Å². The van der Waals surface area contributed by atoms with E-state index in [1.165, 1.54) is 5.56 Å². The van der Waals surface area contributed by atoms with Crippen molar-refractivity contribution < 1.29 is 0 Å². The summed E-state index contributed by atoms with van der Waals surface area (Å²) in [7, 11) is 0. The molecule has 3 heteroatoms. The fraction of sp³-hybridized carbons (Fsp3) is 0. The number of nitrogens with zero attached hydrogens (tertiary/aromatic N) is 3. The number of para-hydroxylation sites is 3. The van der Waals surface area contributed by atoms with Crippen LogP contribution in [0.1, 0.15) is 16.7 Å². The summed E-state index contributed by atoms with van der Waals surface area (Å²) in [4.78, 5) is 2.27. The zero-order chi connectivity index (χ0) is 29.8. The van der Waals surface area contributed by atoms with Crippen molar-refractivity contribution in [3.8, 4) is 0 Å². The topological polar surface area (TPSA) is 18.8 Å². The van der Waals surface area contributed by atoms with Crippen LogP contribution in [0.15, 0.2) is 187 Å². The molecule has 0 spiro atoms. The number of allylic oxidation sites excluding steroid dienone is 2. The minimum atomic E-state index is 1.01. The van der Waals surface area contributed by atoms with Gasteiger partial charge in [0.2, 0.25) is 0 Å². The summed E-state index contributed by atoms with van der Waals surface area (Å²) in [5.74, 6) is 0. The molecule has 44 heavy (non-hydrogen) atoms. The third-order valence-electron chi connectivity index (χ3n) is 7.13. The van der Waals surface area contributed by atoms with Crippen molar-refractivity contribution in [3.63, 3.8) is 0 Å². The molecule has 6 aromatic carbocycles. The quantitative estimate of drug-likeness (QED) is 0.0931. The maximum atomic E-state index is 4.87. The average Bonchev–Trinajstić information content (AvgIpc) is 3.10. The van der Waals surface area contributed by atoms with Crippen molar-refractivity contribution in [1.82, 2.24) is 0 Å². The molecule has 0 heterocycles. The first-order valence-electron chi connectivity index (χ1n) is 14.7. The minimum Gasteiger partial charge on any atom is -0.311 e. The van der Waals surface area contributed by atoms with Crippen molar-refractivity contribution >= 4 is 46.8 Å². The van der Waals surface area contributed by atoms with E-state index < -0.39 is 0 Å². The standard InChI is InChI=1S/C41H33N3/c1-5-15-34(16-6-1)17-13-14-18-35-25-29-38(30-26-35)43(37-19-7-2-8-20-37)39-31-27-36(28-32-39)33-42-44(40-21-9-3-10-22-40)41-23-11-4-12-24-41/h1-33H/b17-13-,18-14+,42-33+. The monoisotopic (exact) mass is 567 g/mol. The normalized spacial score (nSPS) is 11.4. The summed E-state index contributed by atoms with van der Waals surface area (Å²) in [6, 6.07) is 58.3. The van der Waals surface area contributed by atoms with Crippen LogP contribution in [-0.4, -0.2) is 6.21 Å². The van der Waals surface area contributed by atoms with Crippen molar-refractivity contribution in [2.24, 2.45) is 5.10 Å². The van der Waals surface area contributed by atoms with Gasteiger partial charge >= 0.3 is 0 Å². The van der Waals surface area contributed by atoms with Crippen LogP contribution in [0.2, 0.25) is 0 Å². The highest BCUT2D eigenvalue weighted by Crippen LogP contribution is 2.34. The number of benzene rings is 6. The van der Waals surface area contributed by atoms with Crippen LogP contribution in [0.25, 0.3) is 12.2 Å². The Hall–Kier alpha value is -5.93. The summed E-state index contributed by atoms with van der Waals surface area (Å²) in [6.07, 6.45) is 10.3. The summed E-state index contributed by atoms with van der Waals surface area (Å²) in [6.45, 7) is 0. The molecule has 0 aliphatic carbocycles. The molecule has 0 amide bonds. The van der Waals surface area contributed by atoms with Crippen LogP contribution in [-0.2, 0) is 0 Å². The van der Waals surface area contributed by atoms with Crippen LogP contribution in [0.3, 0.4) is 0 Å². The van der Waals surface area contributed by atoms with E-state index in [1.54, 1.807) is 0 Å². The maximum absolute atomic E-state index is 4.87. The Morgan fingerprint density at radius 2 is 0.705 bits per heavy atom. The smallest absolute Gasteiger partial charge is 0.0652 e. The molecular weight excluding hydrogens is 534 g/mol. The molecule has 0 bridgehead atoms. The van der Waals surface area contributed by atoms with Gasteiger partial charge in [0, 0.05) is 17.1 Å². The summed E-state index contributed by atoms with van der Waals surface area (Å²) >= 11 is 0. The number of rotatable bonds is 10. The summed E-state index contributed by atoms with van der Waals surface area (Å²) < 4.78 is 0. The van der Waals surface area contributed by atoms with Crippen LogP contribution >= 0.6 is 0 Å². The Balaban J connectivity index is 1.22. The highest BCUT2D eigenvalue weighted by Gasteiger charge is 2.12. The minimum absolute atomic E-state index is 1.01. The average molecular weight is 568 g/mol. The molecule has 6 aromatic rings. The highest BCUT2D eigenvalue weighted by atomic mass is 15.5. The lowest BCUT2D eigenvalue weighted by molar-refractivity contribution is 1.09. The van der Waals surface area contributed by atoms with Crippen molar-refractivity contribution in [2.45, 2.75) is 0 Å². The van der Waals surface area contributed by atoms with Gasteiger partial charge in [-0.1, -0.05) is 133 Å². The Morgan fingerprint density at radius 3 is 1.18 bits per heavy atom. The molecule has 0 aliphatic rings. The first-order chi connectivity index (χ1) is 21.8. The van der Waals surface area contributed by atoms with Gasteiger partial charge in [-0.15, -0.1) is 0 Å². The fourth-order valence-electron chi connectivity index (χ4n) is 4.91. The summed E-state index contributed by atoms with van der Waals surface area (Å²) in [5.41, 5.74) is 8.63. The fourth-order valence-corrected chi connectivity index (χ4v) is 4.91. The highest BCUT2D eigenvalue weighted by molar-refractivity contribution is 5.84. The zero-order valence-corrected chi connectivity index (χ0v) is 24.4. The van der Waals surface area contributed by atoms with Crippen molar-refractivity contribution in [3.05, 3.63) is 199 Å². The zero-order valence-electron chi connectivity index (χ0n) is 24.4. The van der Waals surface area contributed by atoms with E-state index in [2.05, 4.69) is 138 Å². The van der Waals surface area contributed by atoms with Gasteiger partial charge < -0.3 is 4.90 Å². The van der Waals surface area contributed by atoms with E-state index in [0.29, 0.717) is 0 Å². The molecule has 0 atom stereocenters. The predicted octanol–water partition coefficient (Wildman–Crippen LogP) is 11.1. The van der Waals surface area contributed by atoms with Crippen LogP contribution in [0.4, 0.5) is 28.4 Å². The van der Waals surface area contributed by atoms with Gasteiger partial charge in [0.15, 0.2) is 0 Å². The molecular formula is C41H33N3. The Morgan fingerprint density at radius 1 is 0.341 bits per heavy atom. The molecule has 0 saturated heterocycles. The first kappa shape index (κ1) is 28.2. The van der Waals surface area contributed by atoms with Gasteiger partial charge in [0.1, 0.15) is 0 Å².